The number of hydrogen-bond donors (Lipinski definition) is 1. The number of fused-ring (bicyclic) bond motifs is 1. The highest BCUT2D eigenvalue weighted by Crippen LogP contribution is 2.30. The number of benzene rings is 1. The maximum Gasteiger partial charge on any atom is 0.264 e. The van der Waals surface area contributed by atoms with E-state index in [1.54, 1.807) is 16.2 Å². The zero-order valence-corrected chi connectivity index (χ0v) is 13.5. The van der Waals surface area contributed by atoms with E-state index in [1.807, 2.05) is 42.8 Å². The Morgan fingerprint density at radius 1 is 1.29 bits per heavy atom. The number of nitrogen functional groups attached to an aromatic ring is 1. The van der Waals surface area contributed by atoms with E-state index in [1.165, 1.54) is 16.2 Å². The molecule has 0 fully saturated rings. The first-order valence-corrected chi connectivity index (χ1v) is 8.35. The van der Waals surface area contributed by atoms with Gasteiger partial charge in [0.05, 0.1) is 10.9 Å². The molecule has 1 atom stereocenters. The molecule has 2 heterocycles. The molecule has 1 unspecified atom stereocenters. The van der Waals surface area contributed by atoms with E-state index >= 15 is 0 Å². The van der Waals surface area contributed by atoms with Crippen LogP contribution in [0.1, 0.15) is 27.5 Å². The summed E-state index contributed by atoms with van der Waals surface area (Å²) in [4.78, 5) is 16.4. The van der Waals surface area contributed by atoms with E-state index in [4.69, 9.17) is 5.73 Å². The number of anilines is 1. The molecular weight excluding hydrogens is 300 g/mol. The van der Waals surface area contributed by atoms with Crippen molar-refractivity contribution in [1.82, 2.24) is 4.90 Å². The third-order valence-corrected chi connectivity index (χ3v) is 5.75. The highest BCUT2D eigenvalue weighted by molar-refractivity contribution is 7.20. The molecule has 1 aromatic carbocycles. The van der Waals surface area contributed by atoms with Crippen LogP contribution in [0.5, 0.6) is 0 Å². The first kappa shape index (κ1) is 14.1. The van der Waals surface area contributed by atoms with Crippen LogP contribution in [0.2, 0.25) is 0 Å². The third-order valence-electron chi connectivity index (χ3n) is 3.61. The number of amides is 1. The van der Waals surface area contributed by atoms with Gasteiger partial charge in [-0.15, -0.1) is 22.7 Å². The SMILES string of the molecule is CC(c1cccs1)N(C)C(=O)c1cc2cc(N)ccc2s1. The van der Waals surface area contributed by atoms with Gasteiger partial charge in [-0.1, -0.05) is 6.07 Å². The first-order chi connectivity index (χ1) is 10.1. The predicted octanol–water partition coefficient (Wildman–Crippen LogP) is 4.38. The van der Waals surface area contributed by atoms with E-state index in [0.29, 0.717) is 0 Å². The van der Waals surface area contributed by atoms with Gasteiger partial charge in [-0.3, -0.25) is 4.79 Å². The molecule has 5 heteroatoms. The Morgan fingerprint density at radius 3 is 2.81 bits per heavy atom. The number of nitrogens with zero attached hydrogens (tertiary/aromatic N) is 1. The summed E-state index contributed by atoms with van der Waals surface area (Å²) in [6.07, 6.45) is 0. The molecule has 0 aliphatic rings. The van der Waals surface area contributed by atoms with Gasteiger partial charge in [0.2, 0.25) is 0 Å². The fourth-order valence-corrected chi connectivity index (χ4v) is 4.09. The Morgan fingerprint density at radius 2 is 2.10 bits per heavy atom. The predicted molar refractivity (Wildman–Crippen MR) is 91.1 cm³/mol. The molecule has 2 aromatic heterocycles. The summed E-state index contributed by atoms with van der Waals surface area (Å²) >= 11 is 3.19. The molecule has 2 N–H and O–H groups in total. The molecule has 0 radical (unpaired) electrons. The number of carbonyl (C=O) groups is 1. The molecule has 3 rings (SSSR count). The smallest absolute Gasteiger partial charge is 0.264 e. The normalized spacial score (nSPS) is 12.5. The van der Waals surface area contributed by atoms with Crippen LogP contribution in [-0.2, 0) is 0 Å². The van der Waals surface area contributed by atoms with Crippen molar-refractivity contribution in [3.63, 3.8) is 0 Å². The molecule has 0 saturated carbocycles. The minimum Gasteiger partial charge on any atom is -0.399 e. The third kappa shape index (κ3) is 2.66. The van der Waals surface area contributed by atoms with Crippen LogP contribution in [0.4, 0.5) is 5.69 Å². The number of carbonyl (C=O) groups excluding carboxylic acids is 1. The van der Waals surface area contributed by atoms with Crippen molar-refractivity contribution in [3.8, 4) is 0 Å². The zero-order valence-electron chi connectivity index (χ0n) is 11.9. The van der Waals surface area contributed by atoms with Crippen molar-refractivity contribution in [2.45, 2.75) is 13.0 Å². The number of hydrogen-bond acceptors (Lipinski definition) is 4. The molecule has 0 aliphatic carbocycles. The van der Waals surface area contributed by atoms with E-state index in [0.717, 1.165) is 20.7 Å². The molecule has 21 heavy (non-hydrogen) atoms. The summed E-state index contributed by atoms with van der Waals surface area (Å²) in [5, 5.41) is 3.06. The lowest BCUT2D eigenvalue weighted by molar-refractivity contribution is 0.0750. The second kappa shape index (κ2) is 5.50. The van der Waals surface area contributed by atoms with Crippen molar-refractivity contribution in [2.24, 2.45) is 0 Å². The van der Waals surface area contributed by atoms with Crippen LogP contribution in [0.3, 0.4) is 0 Å². The number of nitrogens with two attached hydrogens (primary N) is 1. The van der Waals surface area contributed by atoms with Gasteiger partial charge in [0.15, 0.2) is 0 Å². The monoisotopic (exact) mass is 316 g/mol. The maximum atomic E-state index is 12.6. The molecule has 0 bridgehead atoms. The summed E-state index contributed by atoms with van der Waals surface area (Å²) in [5.74, 6) is 0.0515. The van der Waals surface area contributed by atoms with Gasteiger partial charge in [-0.2, -0.15) is 0 Å². The maximum absolute atomic E-state index is 12.6. The lowest BCUT2D eigenvalue weighted by Crippen LogP contribution is -2.28. The molecule has 0 spiro atoms. The van der Waals surface area contributed by atoms with E-state index in [9.17, 15) is 4.79 Å². The first-order valence-electron chi connectivity index (χ1n) is 6.66. The number of thiophene rings is 2. The molecule has 3 nitrogen and oxygen atoms in total. The molecule has 3 aromatic rings. The fourth-order valence-electron chi connectivity index (χ4n) is 2.24. The second-order valence-corrected chi connectivity index (χ2v) is 7.08. The molecule has 0 aliphatic heterocycles. The summed E-state index contributed by atoms with van der Waals surface area (Å²) in [6, 6.07) is 11.8. The highest BCUT2D eigenvalue weighted by atomic mass is 32.1. The van der Waals surface area contributed by atoms with Gasteiger partial charge >= 0.3 is 0 Å². The Bertz CT molecular complexity index is 777. The number of rotatable bonds is 3. The lowest BCUT2D eigenvalue weighted by Gasteiger charge is -2.23. The molecular formula is C16H16N2OS2. The molecule has 0 saturated heterocycles. The second-order valence-electron chi connectivity index (χ2n) is 5.02. The Balaban J connectivity index is 1.89. The van der Waals surface area contributed by atoms with Gasteiger partial charge in [-0.05, 0) is 48.0 Å². The van der Waals surface area contributed by atoms with Gasteiger partial charge < -0.3 is 10.6 Å². The topological polar surface area (TPSA) is 46.3 Å². The summed E-state index contributed by atoms with van der Waals surface area (Å²) in [5.41, 5.74) is 6.51. The fraction of sp³-hybridized carbons (Fsp3) is 0.188. The van der Waals surface area contributed by atoms with Crippen molar-refractivity contribution in [3.05, 3.63) is 51.5 Å². The molecule has 108 valence electrons. The van der Waals surface area contributed by atoms with Gasteiger partial charge in [0.25, 0.3) is 5.91 Å². The Labute approximate surface area is 131 Å². The van der Waals surface area contributed by atoms with E-state index in [-0.39, 0.29) is 11.9 Å². The summed E-state index contributed by atoms with van der Waals surface area (Å²) in [7, 11) is 1.85. The van der Waals surface area contributed by atoms with Crippen LogP contribution in [-0.4, -0.2) is 17.9 Å². The van der Waals surface area contributed by atoms with Crippen molar-refractivity contribution in [2.75, 3.05) is 12.8 Å². The van der Waals surface area contributed by atoms with Crippen LogP contribution in [0.25, 0.3) is 10.1 Å². The van der Waals surface area contributed by atoms with Crippen LogP contribution >= 0.6 is 22.7 Å². The van der Waals surface area contributed by atoms with Gasteiger partial charge in [0.1, 0.15) is 0 Å². The quantitative estimate of drug-likeness (QED) is 0.729. The molecule has 1 amide bonds. The van der Waals surface area contributed by atoms with Gasteiger partial charge in [0, 0.05) is 22.3 Å². The van der Waals surface area contributed by atoms with Crippen molar-refractivity contribution in [1.29, 1.82) is 0 Å². The largest absolute Gasteiger partial charge is 0.399 e. The van der Waals surface area contributed by atoms with E-state index in [2.05, 4.69) is 13.0 Å². The van der Waals surface area contributed by atoms with E-state index < -0.39 is 0 Å². The van der Waals surface area contributed by atoms with Crippen LogP contribution in [0.15, 0.2) is 41.8 Å². The summed E-state index contributed by atoms with van der Waals surface area (Å²) < 4.78 is 1.09. The lowest BCUT2D eigenvalue weighted by atomic mass is 10.2. The average Bonchev–Trinajstić information content (AvgIpc) is 3.13. The summed E-state index contributed by atoms with van der Waals surface area (Å²) in [6.45, 7) is 2.05. The average molecular weight is 316 g/mol. The zero-order chi connectivity index (χ0) is 15.0. The Kier molecular flexibility index (Phi) is 3.69. The standard InChI is InChI=1S/C16H16N2OS2/c1-10(13-4-3-7-20-13)18(2)16(19)15-9-11-8-12(17)5-6-14(11)21-15/h3-10H,17H2,1-2H3. The minimum absolute atomic E-state index is 0.0515. The Hall–Kier alpha value is -1.85. The van der Waals surface area contributed by atoms with Crippen molar-refractivity contribution >= 4 is 44.4 Å². The van der Waals surface area contributed by atoms with Crippen LogP contribution in [0, 0.1) is 0 Å². The van der Waals surface area contributed by atoms with Crippen LogP contribution < -0.4 is 5.73 Å². The van der Waals surface area contributed by atoms with Crippen molar-refractivity contribution < 1.29 is 4.79 Å². The minimum atomic E-state index is 0.0515. The highest BCUT2D eigenvalue weighted by Gasteiger charge is 2.21. The van der Waals surface area contributed by atoms with Gasteiger partial charge in [-0.25, -0.2) is 0 Å².